The van der Waals surface area contributed by atoms with E-state index in [0.717, 1.165) is 9.87 Å². The molecule has 7 heteroatoms. The Balaban J connectivity index is 2.97. The van der Waals surface area contributed by atoms with Gasteiger partial charge in [-0.1, -0.05) is 30.3 Å². The molecule has 0 bridgehead atoms. The highest BCUT2D eigenvalue weighted by Crippen LogP contribution is 2.14. The van der Waals surface area contributed by atoms with Gasteiger partial charge in [-0.2, -0.15) is 4.31 Å². The van der Waals surface area contributed by atoms with E-state index in [1.807, 2.05) is 6.07 Å². The van der Waals surface area contributed by atoms with Crippen LogP contribution in [0.25, 0.3) is 0 Å². The first-order valence-electron chi connectivity index (χ1n) is 6.14. The zero-order valence-electron chi connectivity index (χ0n) is 11.5. The summed E-state index contributed by atoms with van der Waals surface area (Å²) in [5.74, 6) is -1.36. The molecular weight excluding hydrogens is 282 g/mol. The summed E-state index contributed by atoms with van der Waals surface area (Å²) in [7, 11) is -2.45. The Hall–Kier alpha value is -1.44. The molecule has 0 saturated carbocycles. The first-order chi connectivity index (χ1) is 9.39. The smallest absolute Gasteiger partial charge is 0.323 e. The van der Waals surface area contributed by atoms with Crippen molar-refractivity contribution < 1.29 is 23.1 Å². The summed E-state index contributed by atoms with van der Waals surface area (Å²) < 4.78 is 30.6. The highest BCUT2D eigenvalue weighted by molar-refractivity contribution is 7.90. The summed E-state index contributed by atoms with van der Waals surface area (Å²) in [6.45, 7) is 1.62. The van der Waals surface area contributed by atoms with Crippen LogP contribution in [-0.4, -0.2) is 49.3 Å². The number of rotatable bonds is 8. The first kappa shape index (κ1) is 16.6. The third kappa shape index (κ3) is 4.29. The number of hydrogen-bond acceptors (Lipinski definition) is 4. The normalized spacial score (nSPS) is 13.3. The predicted molar refractivity (Wildman–Crippen MR) is 74.7 cm³/mol. The van der Waals surface area contributed by atoms with Crippen molar-refractivity contribution in [2.45, 2.75) is 18.7 Å². The molecule has 1 rings (SSSR count). The molecule has 6 nitrogen and oxygen atoms in total. The van der Waals surface area contributed by atoms with Crippen LogP contribution in [0.1, 0.15) is 12.5 Å². The molecule has 0 spiro atoms. The number of carboxylic acid groups (broad SMARTS) is 1. The Bertz CT molecular complexity index is 529. The summed E-state index contributed by atoms with van der Waals surface area (Å²) in [6, 6.07) is 9.02. The maximum atomic E-state index is 12.3. The molecular formula is C13H19NO5S. The lowest BCUT2D eigenvalue weighted by atomic mass is 10.2. The Morgan fingerprint density at radius 2 is 1.95 bits per heavy atom. The number of sulfonamides is 1. The highest BCUT2D eigenvalue weighted by Gasteiger charge is 2.33. The molecule has 0 heterocycles. The second-order valence-electron chi connectivity index (χ2n) is 4.34. The lowest BCUT2D eigenvalue weighted by molar-refractivity contribution is -0.136. The summed E-state index contributed by atoms with van der Waals surface area (Å²) in [4.78, 5) is 10.9. The lowest BCUT2D eigenvalue weighted by Crippen LogP contribution is -2.42. The number of hydrogen-bond donors (Lipinski definition) is 1. The van der Waals surface area contributed by atoms with Gasteiger partial charge in [-0.05, 0) is 12.5 Å². The van der Waals surface area contributed by atoms with Gasteiger partial charge in [-0.3, -0.25) is 4.79 Å². The predicted octanol–water partition coefficient (Wildman–Crippen LogP) is 0.938. The quantitative estimate of drug-likeness (QED) is 0.772. The average molecular weight is 301 g/mol. The molecule has 0 aliphatic carbocycles. The van der Waals surface area contributed by atoms with Crippen molar-refractivity contribution in [1.29, 1.82) is 0 Å². The fourth-order valence-corrected chi connectivity index (χ4v) is 2.99. The zero-order chi connectivity index (χ0) is 15.2. The van der Waals surface area contributed by atoms with Crippen LogP contribution in [0.15, 0.2) is 30.3 Å². The van der Waals surface area contributed by atoms with E-state index in [2.05, 4.69) is 0 Å². The minimum Gasteiger partial charge on any atom is -0.480 e. The van der Waals surface area contributed by atoms with Gasteiger partial charge in [0, 0.05) is 20.2 Å². The van der Waals surface area contributed by atoms with E-state index in [4.69, 9.17) is 9.84 Å². The molecule has 1 N–H and O–H groups in total. The van der Waals surface area contributed by atoms with Gasteiger partial charge in [-0.25, -0.2) is 8.42 Å². The van der Waals surface area contributed by atoms with E-state index in [9.17, 15) is 13.2 Å². The van der Waals surface area contributed by atoms with Crippen molar-refractivity contribution in [3.8, 4) is 0 Å². The van der Waals surface area contributed by atoms with Gasteiger partial charge in [0.1, 0.15) is 0 Å². The Morgan fingerprint density at radius 1 is 1.35 bits per heavy atom. The fourth-order valence-electron chi connectivity index (χ4n) is 1.63. The van der Waals surface area contributed by atoms with Crippen molar-refractivity contribution >= 4 is 16.0 Å². The number of ether oxygens (including phenoxy) is 1. The van der Waals surface area contributed by atoms with E-state index >= 15 is 0 Å². The topological polar surface area (TPSA) is 83.9 Å². The minimum atomic E-state index is -3.92. The van der Waals surface area contributed by atoms with Crippen LogP contribution < -0.4 is 0 Å². The molecule has 1 aromatic rings. The van der Waals surface area contributed by atoms with Crippen LogP contribution in [0.5, 0.6) is 0 Å². The van der Waals surface area contributed by atoms with Gasteiger partial charge >= 0.3 is 5.97 Å². The van der Waals surface area contributed by atoms with Crippen molar-refractivity contribution in [3.05, 3.63) is 35.9 Å². The van der Waals surface area contributed by atoms with Gasteiger partial charge in [0.15, 0.2) is 5.25 Å². The maximum absolute atomic E-state index is 12.3. The second kappa shape index (κ2) is 7.37. The number of carboxylic acids is 1. The summed E-state index contributed by atoms with van der Waals surface area (Å²) >= 11 is 0. The summed E-state index contributed by atoms with van der Waals surface area (Å²) in [6.07, 6.45) is 0. The van der Waals surface area contributed by atoms with Crippen LogP contribution in [0, 0.1) is 0 Å². The molecule has 0 amide bonds. The third-order valence-electron chi connectivity index (χ3n) is 2.90. The van der Waals surface area contributed by atoms with Gasteiger partial charge in [0.25, 0.3) is 0 Å². The monoisotopic (exact) mass is 301 g/mol. The van der Waals surface area contributed by atoms with Crippen LogP contribution >= 0.6 is 0 Å². The Morgan fingerprint density at radius 3 is 2.45 bits per heavy atom. The van der Waals surface area contributed by atoms with Gasteiger partial charge in [0.2, 0.25) is 10.0 Å². The molecule has 0 aliphatic rings. The van der Waals surface area contributed by atoms with Crippen molar-refractivity contribution in [3.63, 3.8) is 0 Å². The van der Waals surface area contributed by atoms with Crippen LogP contribution in [0.2, 0.25) is 0 Å². The van der Waals surface area contributed by atoms with E-state index in [1.165, 1.54) is 14.0 Å². The van der Waals surface area contributed by atoms with E-state index in [-0.39, 0.29) is 19.7 Å². The number of methoxy groups -OCH3 is 1. The molecule has 1 atom stereocenters. The van der Waals surface area contributed by atoms with E-state index < -0.39 is 21.2 Å². The molecule has 1 aromatic carbocycles. The van der Waals surface area contributed by atoms with Gasteiger partial charge < -0.3 is 9.84 Å². The van der Waals surface area contributed by atoms with E-state index in [0.29, 0.717) is 0 Å². The van der Waals surface area contributed by atoms with Crippen molar-refractivity contribution in [2.75, 3.05) is 20.3 Å². The van der Waals surface area contributed by atoms with Gasteiger partial charge in [0.05, 0.1) is 6.61 Å². The van der Waals surface area contributed by atoms with Crippen LogP contribution in [0.4, 0.5) is 0 Å². The average Bonchev–Trinajstić information content (AvgIpc) is 2.43. The largest absolute Gasteiger partial charge is 0.480 e. The molecule has 0 aliphatic heterocycles. The Kier molecular flexibility index (Phi) is 6.12. The maximum Gasteiger partial charge on any atom is 0.323 e. The number of nitrogens with zero attached hydrogens (tertiary/aromatic N) is 1. The number of carbonyl (C=O) groups is 1. The number of aliphatic carboxylic acids is 1. The van der Waals surface area contributed by atoms with Crippen molar-refractivity contribution in [1.82, 2.24) is 4.31 Å². The highest BCUT2D eigenvalue weighted by atomic mass is 32.2. The van der Waals surface area contributed by atoms with Crippen molar-refractivity contribution in [2.24, 2.45) is 0 Å². The molecule has 0 radical (unpaired) electrons. The molecule has 112 valence electrons. The minimum absolute atomic E-state index is 0.116. The third-order valence-corrected chi connectivity index (χ3v) is 5.03. The SMILES string of the molecule is COCCN(Cc1ccccc1)S(=O)(=O)C(C)C(=O)O. The molecule has 1 unspecified atom stereocenters. The Labute approximate surface area is 119 Å². The number of benzene rings is 1. The second-order valence-corrected chi connectivity index (χ2v) is 6.59. The lowest BCUT2D eigenvalue weighted by Gasteiger charge is -2.24. The molecule has 20 heavy (non-hydrogen) atoms. The fraction of sp³-hybridized carbons (Fsp3) is 0.462. The zero-order valence-corrected chi connectivity index (χ0v) is 12.3. The van der Waals surface area contributed by atoms with E-state index in [1.54, 1.807) is 24.3 Å². The standard InChI is InChI=1S/C13H19NO5S/c1-11(13(15)16)20(17,18)14(8-9-19-2)10-12-6-4-3-5-7-12/h3-7,11H,8-10H2,1-2H3,(H,15,16). The van der Waals surface area contributed by atoms with Gasteiger partial charge in [-0.15, -0.1) is 0 Å². The summed E-state index contributed by atoms with van der Waals surface area (Å²) in [5, 5.41) is 7.44. The van der Waals surface area contributed by atoms with Crippen LogP contribution in [-0.2, 0) is 26.1 Å². The first-order valence-corrected chi connectivity index (χ1v) is 7.64. The summed E-state index contributed by atoms with van der Waals surface area (Å²) in [5.41, 5.74) is 0.796. The molecule has 0 saturated heterocycles. The van der Waals surface area contributed by atoms with Crippen LogP contribution in [0.3, 0.4) is 0 Å². The molecule has 0 aromatic heterocycles. The molecule has 0 fully saturated rings.